The van der Waals surface area contributed by atoms with Crippen molar-refractivity contribution in [2.75, 3.05) is 13.1 Å². The first-order valence-electron chi connectivity index (χ1n) is 9.05. The van der Waals surface area contributed by atoms with Gasteiger partial charge in [-0.2, -0.15) is 8.42 Å². The van der Waals surface area contributed by atoms with E-state index in [1.165, 1.54) is 0 Å². The molecule has 0 radical (unpaired) electrons. The van der Waals surface area contributed by atoms with Crippen LogP contribution in [0.4, 0.5) is 0 Å². The molecular weight excluding hydrogens is 362 g/mol. The molecule has 0 spiro atoms. The maximum absolute atomic E-state index is 12.8. The highest BCUT2D eigenvalue weighted by atomic mass is 32.2. The fourth-order valence-electron chi connectivity index (χ4n) is 3.95. The minimum absolute atomic E-state index is 0.112. The quantitative estimate of drug-likeness (QED) is 0.704. The average molecular weight is 381 g/mol. The minimum atomic E-state index is -3.90. The summed E-state index contributed by atoms with van der Waals surface area (Å²) in [5.74, 6) is 1.43. The second-order valence-electron chi connectivity index (χ2n) is 7.00. The van der Waals surface area contributed by atoms with Gasteiger partial charge in [0.1, 0.15) is 22.5 Å². The van der Waals surface area contributed by atoms with E-state index in [1.54, 1.807) is 30.3 Å². The lowest BCUT2D eigenvalue weighted by Crippen LogP contribution is -2.39. The molecule has 27 heavy (non-hydrogen) atoms. The van der Waals surface area contributed by atoms with Crippen LogP contribution in [-0.2, 0) is 10.1 Å². The minimum Gasteiger partial charge on any atom is -0.488 e. The van der Waals surface area contributed by atoms with Crippen LogP contribution < -0.4 is 14.2 Å². The van der Waals surface area contributed by atoms with Crippen molar-refractivity contribution in [3.05, 3.63) is 66.2 Å². The van der Waals surface area contributed by atoms with Gasteiger partial charge in [0.2, 0.25) is 0 Å². The predicted molar refractivity (Wildman–Crippen MR) is 103 cm³/mol. The van der Waals surface area contributed by atoms with Gasteiger partial charge < -0.3 is 14.2 Å². The molecule has 2 aliphatic heterocycles. The highest BCUT2D eigenvalue weighted by Crippen LogP contribution is 2.43. The summed E-state index contributed by atoms with van der Waals surface area (Å²) in [5.41, 5.74) is 1.03. The van der Waals surface area contributed by atoms with Crippen LogP contribution >= 0.6 is 0 Å². The van der Waals surface area contributed by atoms with Gasteiger partial charge in [-0.25, -0.2) is 0 Å². The van der Waals surface area contributed by atoms with E-state index in [9.17, 15) is 8.42 Å². The number of nitrogens with one attached hydrogen (secondary N) is 1. The molecule has 1 N–H and O–H groups in total. The third-order valence-corrected chi connectivity index (χ3v) is 6.54. The Balaban J connectivity index is 1.46. The van der Waals surface area contributed by atoms with E-state index < -0.39 is 10.1 Å². The van der Waals surface area contributed by atoms with Gasteiger partial charge in [0, 0.05) is 18.0 Å². The molecule has 2 atom stereocenters. The molecular formula is C21H19NO4S. The van der Waals surface area contributed by atoms with E-state index in [0.717, 1.165) is 41.6 Å². The van der Waals surface area contributed by atoms with Gasteiger partial charge in [-0.1, -0.05) is 30.3 Å². The first kappa shape index (κ1) is 16.6. The van der Waals surface area contributed by atoms with Crippen LogP contribution in [0.3, 0.4) is 0 Å². The molecule has 2 aliphatic rings. The summed E-state index contributed by atoms with van der Waals surface area (Å²) in [6.07, 6.45) is 1.08. The van der Waals surface area contributed by atoms with Gasteiger partial charge in [0.15, 0.2) is 0 Å². The van der Waals surface area contributed by atoms with Crippen molar-refractivity contribution in [1.82, 2.24) is 5.32 Å². The molecule has 1 fully saturated rings. The van der Waals surface area contributed by atoms with Crippen LogP contribution in [0.15, 0.2) is 65.6 Å². The Morgan fingerprint density at radius 2 is 1.85 bits per heavy atom. The maximum Gasteiger partial charge on any atom is 0.339 e. The molecule has 2 unspecified atom stereocenters. The van der Waals surface area contributed by atoms with Crippen LogP contribution in [-0.4, -0.2) is 27.6 Å². The van der Waals surface area contributed by atoms with Gasteiger partial charge in [-0.15, -0.1) is 0 Å². The number of rotatable bonds is 3. The molecule has 138 valence electrons. The molecule has 6 heteroatoms. The molecule has 0 aromatic heterocycles. The van der Waals surface area contributed by atoms with E-state index in [4.69, 9.17) is 8.92 Å². The maximum atomic E-state index is 12.8. The topological polar surface area (TPSA) is 64.6 Å². The van der Waals surface area contributed by atoms with Crippen LogP contribution in [0.5, 0.6) is 11.5 Å². The SMILES string of the molecule is O=S(=O)(Oc1ccc2c(c1)C1CCNCC1O2)c1ccc2ccccc2c1. The normalized spacial score (nSPS) is 21.3. The Morgan fingerprint density at radius 3 is 2.74 bits per heavy atom. The smallest absolute Gasteiger partial charge is 0.339 e. The van der Waals surface area contributed by atoms with Crippen molar-refractivity contribution in [1.29, 1.82) is 0 Å². The summed E-state index contributed by atoms with van der Waals surface area (Å²) >= 11 is 0. The zero-order valence-electron chi connectivity index (χ0n) is 14.6. The summed E-state index contributed by atoms with van der Waals surface area (Å²) in [7, 11) is -3.90. The van der Waals surface area contributed by atoms with Gasteiger partial charge in [-0.05, 0) is 54.1 Å². The van der Waals surface area contributed by atoms with Crippen molar-refractivity contribution in [2.24, 2.45) is 0 Å². The molecule has 0 aliphatic carbocycles. The summed E-state index contributed by atoms with van der Waals surface area (Å²) in [4.78, 5) is 0.151. The Hall–Kier alpha value is -2.57. The second-order valence-corrected chi connectivity index (χ2v) is 8.55. The zero-order valence-corrected chi connectivity index (χ0v) is 15.4. The van der Waals surface area contributed by atoms with Gasteiger partial charge >= 0.3 is 10.1 Å². The Morgan fingerprint density at radius 1 is 1.00 bits per heavy atom. The van der Waals surface area contributed by atoms with Gasteiger partial charge in [0.05, 0.1) is 0 Å². The lowest BCUT2D eigenvalue weighted by Gasteiger charge is -2.24. The largest absolute Gasteiger partial charge is 0.488 e. The zero-order chi connectivity index (χ0) is 18.4. The molecule has 0 amide bonds. The van der Waals surface area contributed by atoms with Crippen LogP contribution in [0, 0.1) is 0 Å². The lowest BCUT2D eigenvalue weighted by molar-refractivity contribution is 0.177. The molecule has 0 saturated carbocycles. The van der Waals surface area contributed by atoms with Crippen molar-refractivity contribution in [3.63, 3.8) is 0 Å². The van der Waals surface area contributed by atoms with E-state index in [1.807, 2.05) is 30.3 Å². The van der Waals surface area contributed by atoms with E-state index in [0.29, 0.717) is 5.75 Å². The monoisotopic (exact) mass is 381 g/mol. The highest BCUT2D eigenvalue weighted by Gasteiger charge is 2.36. The lowest BCUT2D eigenvalue weighted by atomic mass is 9.90. The van der Waals surface area contributed by atoms with Gasteiger partial charge in [0.25, 0.3) is 0 Å². The highest BCUT2D eigenvalue weighted by molar-refractivity contribution is 7.87. The fourth-order valence-corrected chi connectivity index (χ4v) is 4.91. The molecule has 2 heterocycles. The summed E-state index contributed by atoms with van der Waals surface area (Å²) in [6.45, 7) is 1.75. The average Bonchev–Trinajstić information content (AvgIpc) is 3.05. The number of ether oxygens (including phenoxy) is 1. The summed E-state index contributed by atoms with van der Waals surface area (Å²) in [6, 6.07) is 17.9. The fraction of sp³-hybridized carbons (Fsp3) is 0.238. The van der Waals surface area contributed by atoms with E-state index in [-0.39, 0.29) is 16.9 Å². The number of piperidine rings is 1. The molecule has 1 saturated heterocycles. The Bertz CT molecular complexity index is 1130. The molecule has 0 bridgehead atoms. The number of hydrogen-bond donors (Lipinski definition) is 1. The first-order valence-corrected chi connectivity index (χ1v) is 10.5. The van der Waals surface area contributed by atoms with Crippen LogP contribution in [0.25, 0.3) is 10.8 Å². The van der Waals surface area contributed by atoms with Crippen LogP contribution in [0.1, 0.15) is 17.9 Å². The van der Waals surface area contributed by atoms with E-state index >= 15 is 0 Å². The van der Waals surface area contributed by atoms with Gasteiger partial charge in [-0.3, -0.25) is 0 Å². The predicted octanol–water partition coefficient (Wildman–Crippen LogP) is 3.45. The molecule has 3 aromatic rings. The Labute approximate surface area is 158 Å². The van der Waals surface area contributed by atoms with Crippen molar-refractivity contribution in [2.45, 2.75) is 23.3 Å². The molecule has 5 rings (SSSR count). The molecule has 3 aromatic carbocycles. The van der Waals surface area contributed by atoms with Crippen molar-refractivity contribution in [3.8, 4) is 11.5 Å². The first-order chi connectivity index (χ1) is 13.1. The standard InChI is InChI=1S/C21H19NO4S/c23-27(24,17-7-5-14-3-1-2-4-15(14)11-17)26-16-6-8-20-19(12-16)18-9-10-22-13-21(18)25-20/h1-8,11-12,18,21-22H,9-10,13H2. The third kappa shape index (κ3) is 2.95. The second kappa shape index (κ2) is 6.25. The number of hydrogen-bond acceptors (Lipinski definition) is 5. The number of benzene rings is 3. The van der Waals surface area contributed by atoms with E-state index in [2.05, 4.69) is 5.32 Å². The number of fused-ring (bicyclic) bond motifs is 4. The molecule has 5 nitrogen and oxygen atoms in total. The third-order valence-electron chi connectivity index (χ3n) is 5.30. The Kier molecular flexibility index (Phi) is 3.84. The summed E-state index contributed by atoms with van der Waals surface area (Å²) in [5, 5.41) is 5.18. The summed E-state index contributed by atoms with van der Waals surface area (Å²) < 4.78 is 36.9. The van der Waals surface area contributed by atoms with Crippen molar-refractivity contribution < 1.29 is 17.3 Å². The van der Waals surface area contributed by atoms with Crippen LogP contribution in [0.2, 0.25) is 0 Å². The van der Waals surface area contributed by atoms with Crippen molar-refractivity contribution >= 4 is 20.9 Å².